The highest BCUT2D eigenvalue weighted by Gasteiger charge is 2.35. The fourth-order valence-corrected chi connectivity index (χ4v) is 2.50. The van der Waals surface area contributed by atoms with Gasteiger partial charge in [-0.2, -0.15) is 0 Å². The van der Waals surface area contributed by atoms with Gasteiger partial charge in [-0.3, -0.25) is 0 Å². The molecule has 1 aromatic rings. The number of hydrogen-bond donors (Lipinski definition) is 2. The van der Waals surface area contributed by atoms with Crippen molar-refractivity contribution >= 4 is 28.7 Å². The van der Waals surface area contributed by atoms with Gasteiger partial charge in [0.1, 0.15) is 17.2 Å². The van der Waals surface area contributed by atoms with E-state index < -0.39 is 5.82 Å². The second kappa shape index (κ2) is 5.40. The Morgan fingerprint density at radius 2 is 1.74 bits per heavy atom. The molecule has 2 atom stereocenters. The third-order valence-corrected chi connectivity index (χ3v) is 3.76. The van der Waals surface area contributed by atoms with E-state index >= 15 is 0 Å². The van der Waals surface area contributed by atoms with Crippen molar-refractivity contribution < 1.29 is 13.9 Å². The van der Waals surface area contributed by atoms with Gasteiger partial charge < -0.3 is 25.8 Å². The third kappa shape index (κ3) is 2.43. The van der Waals surface area contributed by atoms with E-state index in [1.54, 1.807) is 19.1 Å². The molecule has 0 spiro atoms. The van der Waals surface area contributed by atoms with E-state index in [1.807, 2.05) is 0 Å². The minimum atomic E-state index is -0.606. The monoisotopic (exact) mass is 289 g/mol. The summed E-state index contributed by atoms with van der Waals surface area (Å²) in [6.45, 7) is 0.965. The molecule has 0 amide bonds. The van der Waals surface area contributed by atoms with E-state index in [9.17, 15) is 4.39 Å². The Balaban J connectivity index is 2.36. The Labute approximate surface area is 116 Å². The first-order chi connectivity index (χ1) is 8.99. The van der Waals surface area contributed by atoms with Crippen LogP contribution in [-0.4, -0.2) is 39.5 Å². The molecule has 4 N–H and O–H groups in total. The Morgan fingerprint density at radius 3 is 2.21 bits per heavy atom. The molecule has 1 aliphatic heterocycles. The molecular weight excluding hydrogens is 273 g/mol. The number of ether oxygens (including phenoxy) is 2. The number of hydrogen-bond acceptors (Lipinski definition) is 5. The molecule has 1 aliphatic rings. The summed E-state index contributed by atoms with van der Waals surface area (Å²) in [5.41, 5.74) is 12.1. The van der Waals surface area contributed by atoms with E-state index in [0.29, 0.717) is 13.1 Å². The minimum Gasteiger partial charge on any atom is -0.397 e. The zero-order valence-electron chi connectivity index (χ0n) is 10.8. The van der Waals surface area contributed by atoms with Crippen LogP contribution in [0.4, 0.5) is 21.5 Å². The summed E-state index contributed by atoms with van der Waals surface area (Å²) >= 11 is 5.83. The lowest BCUT2D eigenvalue weighted by Crippen LogP contribution is -2.27. The van der Waals surface area contributed by atoms with Gasteiger partial charge in [0.05, 0.1) is 17.1 Å². The van der Waals surface area contributed by atoms with Gasteiger partial charge in [0.2, 0.25) is 0 Å². The second-order valence-electron chi connectivity index (χ2n) is 4.48. The van der Waals surface area contributed by atoms with Gasteiger partial charge in [0.15, 0.2) is 5.82 Å². The molecule has 2 unspecified atom stereocenters. The van der Waals surface area contributed by atoms with Crippen LogP contribution in [0.5, 0.6) is 0 Å². The highest BCUT2D eigenvalue weighted by atomic mass is 35.5. The highest BCUT2D eigenvalue weighted by molar-refractivity contribution is 6.33. The van der Waals surface area contributed by atoms with Crippen molar-refractivity contribution in [1.82, 2.24) is 0 Å². The molecule has 19 heavy (non-hydrogen) atoms. The van der Waals surface area contributed by atoms with Crippen LogP contribution in [0.2, 0.25) is 5.02 Å². The quantitative estimate of drug-likeness (QED) is 0.825. The number of anilines is 3. The van der Waals surface area contributed by atoms with Gasteiger partial charge in [-0.1, -0.05) is 11.6 Å². The first kappa shape index (κ1) is 14.2. The molecule has 2 rings (SSSR count). The van der Waals surface area contributed by atoms with Crippen molar-refractivity contribution in [2.75, 3.05) is 43.7 Å². The van der Waals surface area contributed by atoms with Crippen LogP contribution >= 0.6 is 11.6 Å². The predicted molar refractivity (Wildman–Crippen MR) is 74.0 cm³/mol. The van der Waals surface area contributed by atoms with Crippen LogP contribution in [0.15, 0.2) is 6.07 Å². The first-order valence-corrected chi connectivity index (χ1v) is 6.20. The average molecular weight is 290 g/mol. The summed E-state index contributed by atoms with van der Waals surface area (Å²) in [6.07, 6.45) is -0.278. The Kier molecular flexibility index (Phi) is 4.03. The number of rotatable bonds is 3. The summed E-state index contributed by atoms with van der Waals surface area (Å²) < 4.78 is 24.8. The first-order valence-electron chi connectivity index (χ1n) is 5.83. The lowest BCUT2D eigenvalue weighted by Gasteiger charge is -2.22. The molecule has 1 fully saturated rings. The van der Waals surface area contributed by atoms with Crippen LogP contribution in [0.3, 0.4) is 0 Å². The van der Waals surface area contributed by atoms with Crippen LogP contribution in [-0.2, 0) is 9.47 Å². The molecule has 0 bridgehead atoms. The van der Waals surface area contributed by atoms with Gasteiger partial charge in [0.25, 0.3) is 0 Å². The van der Waals surface area contributed by atoms with E-state index in [0.717, 1.165) is 0 Å². The van der Waals surface area contributed by atoms with Gasteiger partial charge >= 0.3 is 0 Å². The van der Waals surface area contributed by atoms with Crippen molar-refractivity contribution in [3.63, 3.8) is 0 Å². The van der Waals surface area contributed by atoms with Gasteiger partial charge in [-0.15, -0.1) is 0 Å². The average Bonchev–Trinajstić information content (AvgIpc) is 2.79. The molecule has 0 aromatic heterocycles. The number of nitrogens with two attached hydrogens (primary N) is 2. The van der Waals surface area contributed by atoms with Crippen LogP contribution in [0, 0.1) is 5.82 Å². The van der Waals surface area contributed by atoms with Crippen LogP contribution < -0.4 is 16.4 Å². The third-order valence-electron chi connectivity index (χ3n) is 3.38. The Hall–Kier alpha value is -1.24. The summed E-state index contributed by atoms with van der Waals surface area (Å²) in [4.78, 5) is 1.76. The van der Waals surface area contributed by atoms with Crippen molar-refractivity contribution in [2.24, 2.45) is 0 Å². The highest BCUT2D eigenvalue weighted by Crippen LogP contribution is 2.38. The van der Waals surface area contributed by atoms with E-state index in [4.69, 9.17) is 32.5 Å². The molecule has 0 aliphatic carbocycles. The molecule has 0 saturated carbocycles. The summed E-state index contributed by atoms with van der Waals surface area (Å²) in [7, 11) is 3.19. The van der Waals surface area contributed by atoms with Crippen molar-refractivity contribution in [3.8, 4) is 0 Å². The molecule has 106 valence electrons. The fourth-order valence-electron chi connectivity index (χ4n) is 2.36. The largest absolute Gasteiger partial charge is 0.397 e. The van der Waals surface area contributed by atoms with Gasteiger partial charge in [-0.05, 0) is 6.07 Å². The summed E-state index contributed by atoms with van der Waals surface area (Å²) in [5, 5.41) is -0.112. The maximum absolute atomic E-state index is 14.2. The molecule has 7 heteroatoms. The fraction of sp³-hybridized carbons (Fsp3) is 0.500. The van der Waals surface area contributed by atoms with Gasteiger partial charge in [0, 0.05) is 27.3 Å². The maximum Gasteiger partial charge on any atom is 0.169 e. The van der Waals surface area contributed by atoms with E-state index in [-0.39, 0.29) is 34.3 Å². The number of nitrogen functional groups attached to an aromatic ring is 2. The second-order valence-corrected chi connectivity index (χ2v) is 4.86. The maximum atomic E-state index is 14.2. The van der Waals surface area contributed by atoms with Crippen molar-refractivity contribution in [1.29, 1.82) is 0 Å². The zero-order valence-corrected chi connectivity index (χ0v) is 11.6. The molecule has 0 radical (unpaired) electrons. The molecule has 1 aromatic carbocycles. The number of methoxy groups -OCH3 is 2. The SMILES string of the molecule is COC1CN(c2c(N)cc(N)c(Cl)c2F)CC1OC. The summed E-state index contributed by atoms with van der Waals surface area (Å²) in [6, 6.07) is 1.46. The zero-order chi connectivity index (χ0) is 14.2. The van der Waals surface area contributed by atoms with E-state index in [2.05, 4.69) is 0 Å². The number of benzene rings is 1. The Morgan fingerprint density at radius 1 is 1.21 bits per heavy atom. The van der Waals surface area contributed by atoms with Crippen molar-refractivity contribution in [3.05, 3.63) is 16.9 Å². The number of halogens is 2. The number of nitrogens with zero attached hydrogens (tertiary/aromatic N) is 1. The van der Waals surface area contributed by atoms with Crippen LogP contribution in [0.1, 0.15) is 0 Å². The lowest BCUT2D eigenvalue weighted by molar-refractivity contribution is -0.00461. The lowest BCUT2D eigenvalue weighted by atomic mass is 10.2. The minimum absolute atomic E-state index is 0.112. The molecular formula is C12H17ClFN3O2. The molecule has 1 heterocycles. The standard InChI is InChI=1S/C12H17ClFN3O2/c1-18-8-4-17(5-9(8)19-2)12-7(16)3-6(15)10(13)11(12)14/h3,8-9H,4-5,15-16H2,1-2H3. The smallest absolute Gasteiger partial charge is 0.169 e. The topological polar surface area (TPSA) is 73.7 Å². The van der Waals surface area contributed by atoms with Gasteiger partial charge in [-0.25, -0.2) is 4.39 Å². The van der Waals surface area contributed by atoms with E-state index in [1.165, 1.54) is 6.07 Å². The predicted octanol–water partition coefficient (Wildman–Crippen LogP) is 1.49. The summed E-state index contributed by atoms with van der Waals surface area (Å²) in [5.74, 6) is -0.606. The Bertz CT molecular complexity index is 475. The molecule has 5 nitrogen and oxygen atoms in total. The molecule has 1 saturated heterocycles. The van der Waals surface area contributed by atoms with Crippen LogP contribution in [0.25, 0.3) is 0 Å². The normalized spacial score (nSPS) is 23.1. The van der Waals surface area contributed by atoms with Crippen molar-refractivity contribution in [2.45, 2.75) is 12.2 Å².